The van der Waals surface area contributed by atoms with Gasteiger partial charge in [-0.2, -0.15) is 0 Å². The van der Waals surface area contributed by atoms with Crippen molar-refractivity contribution in [3.8, 4) is 0 Å². The smallest absolute Gasteiger partial charge is 0.126 e. The third-order valence-corrected chi connectivity index (χ3v) is 3.75. The van der Waals surface area contributed by atoms with E-state index in [1.54, 1.807) is 18.3 Å². The fourth-order valence-electron chi connectivity index (χ4n) is 2.50. The van der Waals surface area contributed by atoms with Gasteiger partial charge in [-0.3, -0.25) is 4.98 Å². The molecule has 1 unspecified atom stereocenters. The van der Waals surface area contributed by atoms with Crippen LogP contribution < -0.4 is 5.32 Å². The van der Waals surface area contributed by atoms with Gasteiger partial charge in [-0.05, 0) is 54.8 Å². The van der Waals surface area contributed by atoms with Crippen LogP contribution in [-0.4, -0.2) is 11.5 Å². The van der Waals surface area contributed by atoms with Crippen molar-refractivity contribution >= 4 is 11.6 Å². The first-order chi connectivity index (χ1) is 10.2. The third-order valence-electron chi connectivity index (χ3n) is 3.52. The molecule has 1 aromatic carbocycles. The zero-order valence-electron chi connectivity index (χ0n) is 12.4. The largest absolute Gasteiger partial charge is 0.309 e. The summed E-state index contributed by atoms with van der Waals surface area (Å²) in [5, 5.41) is 3.95. The molecule has 0 aliphatic rings. The first-order valence-electron chi connectivity index (χ1n) is 7.26. The molecule has 0 aliphatic heterocycles. The maximum absolute atomic E-state index is 14.0. The van der Waals surface area contributed by atoms with Gasteiger partial charge in [0.25, 0.3) is 0 Å². The van der Waals surface area contributed by atoms with E-state index in [1.807, 2.05) is 13.0 Å². The van der Waals surface area contributed by atoms with Crippen LogP contribution in [-0.2, 0) is 12.8 Å². The van der Waals surface area contributed by atoms with Crippen LogP contribution in [0, 0.1) is 5.82 Å². The molecular weight excluding hydrogens is 287 g/mol. The van der Waals surface area contributed by atoms with Crippen molar-refractivity contribution < 1.29 is 4.39 Å². The number of nitrogens with zero attached hydrogens (tertiary/aromatic N) is 1. The van der Waals surface area contributed by atoms with Crippen LogP contribution in [0.4, 0.5) is 4.39 Å². The first kappa shape index (κ1) is 15.9. The number of benzene rings is 1. The molecule has 0 saturated heterocycles. The van der Waals surface area contributed by atoms with Crippen LogP contribution in [0.5, 0.6) is 0 Å². The number of aryl methyl sites for hydroxylation is 1. The molecular formula is C17H20ClFN2. The minimum Gasteiger partial charge on any atom is -0.309 e. The van der Waals surface area contributed by atoms with Crippen LogP contribution >= 0.6 is 11.6 Å². The summed E-state index contributed by atoms with van der Waals surface area (Å²) in [7, 11) is 0. The molecule has 1 atom stereocenters. The second-order valence-electron chi connectivity index (χ2n) is 4.95. The molecule has 0 saturated carbocycles. The highest BCUT2D eigenvalue weighted by molar-refractivity contribution is 6.30. The Morgan fingerprint density at radius 2 is 2.05 bits per heavy atom. The van der Waals surface area contributed by atoms with Crippen LogP contribution in [0.2, 0.25) is 5.02 Å². The van der Waals surface area contributed by atoms with Crippen molar-refractivity contribution in [3.05, 3.63) is 64.2 Å². The highest BCUT2D eigenvalue weighted by Crippen LogP contribution is 2.24. The van der Waals surface area contributed by atoms with E-state index in [0.29, 0.717) is 17.0 Å². The van der Waals surface area contributed by atoms with Crippen molar-refractivity contribution in [2.24, 2.45) is 0 Å². The van der Waals surface area contributed by atoms with Gasteiger partial charge in [0.05, 0.1) is 11.7 Å². The van der Waals surface area contributed by atoms with Crippen molar-refractivity contribution in [1.82, 2.24) is 10.3 Å². The van der Waals surface area contributed by atoms with Gasteiger partial charge in [0.2, 0.25) is 0 Å². The second-order valence-corrected chi connectivity index (χ2v) is 5.39. The molecule has 2 aromatic rings. The molecule has 21 heavy (non-hydrogen) atoms. The van der Waals surface area contributed by atoms with Crippen molar-refractivity contribution in [2.75, 3.05) is 6.54 Å². The predicted octanol–water partition coefficient (Wildman–Crippen LogP) is 4.33. The average molecular weight is 307 g/mol. The van der Waals surface area contributed by atoms with Gasteiger partial charge in [0.15, 0.2) is 0 Å². The van der Waals surface area contributed by atoms with Gasteiger partial charge in [-0.1, -0.05) is 31.5 Å². The molecule has 4 heteroatoms. The van der Waals surface area contributed by atoms with Gasteiger partial charge in [-0.25, -0.2) is 4.39 Å². The Hall–Kier alpha value is -1.45. The quantitative estimate of drug-likeness (QED) is 0.859. The van der Waals surface area contributed by atoms with Gasteiger partial charge in [0.1, 0.15) is 5.82 Å². The lowest BCUT2D eigenvalue weighted by Crippen LogP contribution is -2.25. The molecule has 0 fully saturated rings. The second kappa shape index (κ2) is 7.53. The van der Waals surface area contributed by atoms with E-state index in [0.717, 1.165) is 18.7 Å². The van der Waals surface area contributed by atoms with Crippen molar-refractivity contribution in [3.63, 3.8) is 0 Å². The number of nitrogens with one attached hydrogen (secondary N) is 1. The summed E-state index contributed by atoms with van der Waals surface area (Å²) in [6.45, 7) is 4.94. The van der Waals surface area contributed by atoms with E-state index in [9.17, 15) is 4.39 Å². The van der Waals surface area contributed by atoms with Crippen LogP contribution in [0.15, 0.2) is 36.5 Å². The number of hydrogen-bond acceptors (Lipinski definition) is 2. The van der Waals surface area contributed by atoms with Gasteiger partial charge < -0.3 is 5.32 Å². The topological polar surface area (TPSA) is 24.9 Å². The lowest BCUT2D eigenvalue weighted by Gasteiger charge is -2.20. The fraction of sp³-hybridized carbons (Fsp3) is 0.353. The summed E-state index contributed by atoms with van der Waals surface area (Å²) in [5.74, 6) is -0.226. The summed E-state index contributed by atoms with van der Waals surface area (Å²) in [5.41, 5.74) is 2.79. The van der Waals surface area contributed by atoms with E-state index >= 15 is 0 Å². The van der Waals surface area contributed by atoms with Gasteiger partial charge in [0, 0.05) is 11.2 Å². The Morgan fingerprint density at radius 1 is 1.24 bits per heavy atom. The zero-order valence-corrected chi connectivity index (χ0v) is 13.1. The summed E-state index contributed by atoms with van der Waals surface area (Å²) in [4.78, 5) is 4.50. The van der Waals surface area contributed by atoms with Gasteiger partial charge >= 0.3 is 0 Å². The molecule has 112 valence electrons. The number of aromatic nitrogens is 1. The predicted molar refractivity (Wildman–Crippen MR) is 85.1 cm³/mol. The molecule has 1 heterocycles. The fourth-order valence-corrected chi connectivity index (χ4v) is 2.69. The lowest BCUT2D eigenvalue weighted by atomic mass is 9.98. The highest BCUT2D eigenvalue weighted by atomic mass is 35.5. The lowest BCUT2D eigenvalue weighted by molar-refractivity contribution is 0.514. The monoisotopic (exact) mass is 306 g/mol. The number of halogens is 2. The minimum atomic E-state index is -0.226. The van der Waals surface area contributed by atoms with Crippen molar-refractivity contribution in [2.45, 2.75) is 32.7 Å². The molecule has 0 bridgehead atoms. The number of pyridine rings is 1. The SMILES string of the molecule is CCNC(Cc1cc(Cl)ccc1F)c1ncccc1CC. The molecule has 0 aliphatic carbocycles. The number of hydrogen-bond donors (Lipinski definition) is 1. The van der Waals surface area contributed by atoms with E-state index in [-0.39, 0.29) is 11.9 Å². The van der Waals surface area contributed by atoms with E-state index in [4.69, 9.17) is 11.6 Å². The Kier molecular flexibility index (Phi) is 5.71. The number of rotatable bonds is 6. The molecule has 2 nitrogen and oxygen atoms in total. The molecule has 0 spiro atoms. The molecule has 0 amide bonds. The molecule has 2 rings (SSSR count). The normalized spacial score (nSPS) is 12.4. The number of likely N-dealkylation sites (N-methyl/N-ethyl adjacent to an activating group) is 1. The van der Waals surface area contributed by atoms with Gasteiger partial charge in [-0.15, -0.1) is 0 Å². The Bertz CT molecular complexity index is 601. The Morgan fingerprint density at radius 3 is 2.76 bits per heavy atom. The summed E-state index contributed by atoms with van der Waals surface area (Å²) >= 11 is 5.98. The molecule has 1 aromatic heterocycles. The highest BCUT2D eigenvalue weighted by Gasteiger charge is 2.17. The van der Waals surface area contributed by atoms with Crippen LogP contribution in [0.25, 0.3) is 0 Å². The van der Waals surface area contributed by atoms with Crippen LogP contribution in [0.3, 0.4) is 0 Å². The van der Waals surface area contributed by atoms with E-state index < -0.39 is 0 Å². The van der Waals surface area contributed by atoms with Crippen molar-refractivity contribution in [1.29, 1.82) is 0 Å². The zero-order chi connectivity index (χ0) is 15.2. The average Bonchev–Trinajstić information content (AvgIpc) is 2.50. The maximum atomic E-state index is 14.0. The van der Waals surface area contributed by atoms with E-state index in [2.05, 4.69) is 23.3 Å². The molecule has 0 radical (unpaired) electrons. The standard InChI is InChI=1S/C17H20ClFN2/c1-3-12-6-5-9-21-17(12)16(20-4-2)11-13-10-14(18)7-8-15(13)19/h5-10,16,20H,3-4,11H2,1-2H3. The third kappa shape index (κ3) is 4.02. The van der Waals surface area contributed by atoms with Crippen LogP contribution in [0.1, 0.15) is 36.7 Å². The molecule has 1 N–H and O–H groups in total. The summed E-state index contributed by atoms with van der Waals surface area (Å²) in [6.07, 6.45) is 3.22. The Balaban J connectivity index is 2.33. The first-order valence-corrected chi connectivity index (χ1v) is 7.64. The van der Waals surface area contributed by atoms with E-state index in [1.165, 1.54) is 11.6 Å². The summed E-state index contributed by atoms with van der Waals surface area (Å²) in [6, 6.07) is 8.67. The maximum Gasteiger partial charge on any atom is 0.126 e. The Labute approximate surface area is 130 Å². The summed E-state index contributed by atoms with van der Waals surface area (Å²) < 4.78 is 14.0. The minimum absolute atomic E-state index is 0.0147.